The molecule has 0 aliphatic heterocycles. The Hall–Kier alpha value is -2.01. The van der Waals surface area contributed by atoms with Gasteiger partial charge in [-0.25, -0.2) is 0 Å². The van der Waals surface area contributed by atoms with Crippen LogP contribution in [0.2, 0.25) is 5.02 Å². The Morgan fingerprint density at radius 3 is 2.68 bits per heavy atom. The zero-order valence-electron chi connectivity index (χ0n) is 15.8. The summed E-state index contributed by atoms with van der Waals surface area (Å²) in [6.45, 7) is 8.76. The molecule has 1 aromatic carbocycles. The Labute approximate surface area is 155 Å². The number of aryl methyl sites for hydroxylation is 2. The SMILES string of the molecule is CN=C(NCC(C)Cn1nc(C)cc1C)N(C)Cc1ccccc1Cl. The van der Waals surface area contributed by atoms with Crippen molar-refractivity contribution in [1.82, 2.24) is 20.0 Å². The predicted molar refractivity (Wildman–Crippen MR) is 105 cm³/mol. The van der Waals surface area contributed by atoms with Crippen LogP contribution in [-0.2, 0) is 13.1 Å². The minimum atomic E-state index is 0.434. The van der Waals surface area contributed by atoms with Crippen LogP contribution in [0.15, 0.2) is 35.3 Å². The zero-order chi connectivity index (χ0) is 18.4. The molecule has 1 atom stereocenters. The second kappa shape index (κ2) is 8.90. The van der Waals surface area contributed by atoms with Gasteiger partial charge in [-0.3, -0.25) is 9.67 Å². The summed E-state index contributed by atoms with van der Waals surface area (Å²) in [6.07, 6.45) is 0. The third-order valence-electron chi connectivity index (χ3n) is 4.14. The van der Waals surface area contributed by atoms with Crippen LogP contribution in [-0.4, -0.2) is 41.3 Å². The number of halogens is 1. The summed E-state index contributed by atoms with van der Waals surface area (Å²) in [5.41, 5.74) is 3.35. The first-order valence-electron chi connectivity index (χ1n) is 8.57. The fraction of sp³-hybridized carbons (Fsp3) is 0.474. The van der Waals surface area contributed by atoms with E-state index in [4.69, 9.17) is 11.6 Å². The predicted octanol–water partition coefficient (Wildman–Crippen LogP) is 3.50. The van der Waals surface area contributed by atoms with Crippen molar-refractivity contribution < 1.29 is 0 Å². The highest BCUT2D eigenvalue weighted by molar-refractivity contribution is 6.31. The number of hydrogen-bond donors (Lipinski definition) is 1. The highest BCUT2D eigenvalue weighted by atomic mass is 35.5. The van der Waals surface area contributed by atoms with Gasteiger partial charge in [0.25, 0.3) is 0 Å². The van der Waals surface area contributed by atoms with E-state index in [0.29, 0.717) is 12.5 Å². The van der Waals surface area contributed by atoms with E-state index in [1.165, 1.54) is 5.69 Å². The number of hydrogen-bond acceptors (Lipinski definition) is 2. The molecule has 1 aromatic heterocycles. The topological polar surface area (TPSA) is 45.5 Å². The molecule has 0 fully saturated rings. The Morgan fingerprint density at radius 1 is 1.36 bits per heavy atom. The Bertz CT molecular complexity index is 722. The molecule has 25 heavy (non-hydrogen) atoms. The molecule has 2 aromatic rings. The summed E-state index contributed by atoms with van der Waals surface area (Å²) < 4.78 is 2.07. The lowest BCUT2D eigenvalue weighted by atomic mass is 10.2. The van der Waals surface area contributed by atoms with Crippen LogP contribution in [0.4, 0.5) is 0 Å². The fourth-order valence-corrected chi connectivity index (χ4v) is 3.02. The number of nitrogens with one attached hydrogen (secondary N) is 1. The van der Waals surface area contributed by atoms with Crippen LogP contribution >= 0.6 is 11.6 Å². The zero-order valence-corrected chi connectivity index (χ0v) is 16.5. The van der Waals surface area contributed by atoms with E-state index in [1.54, 1.807) is 7.05 Å². The lowest BCUT2D eigenvalue weighted by molar-refractivity contribution is 0.418. The van der Waals surface area contributed by atoms with Crippen molar-refractivity contribution in [3.63, 3.8) is 0 Å². The van der Waals surface area contributed by atoms with E-state index in [9.17, 15) is 0 Å². The highest BCUT2D eigenvalue weighted by Gasteiger charge is 2.11. The van der Waals surface area contributed by atoms with E-state index < -0.39 is 0 Å². The first-order chi connectivity index (χ1) is 11.9. The highest BCUT2D eigenvalue weighted by Crippen LogP contribution is 2.16. The van der Waals surface area contributed by atoms with Gasteiger partial charge in [0, 0.05) is 44.4 Å². The van der Waals surface area contributed by atoms with Gasteiger partial charge in [0.15, 0.2) is 5.96 Å². The molecule has 0 aliphatic rings. The molecule has 0 amide bonds. The molecule has 0 saturated carbocycles. The molecule has 0 saturated heterocycles. The van der Waals surface area contributed by atoms with Crippen LogP contribution in [0, 0.1) is 19.8 Å². The van der Waals surface area contributed by atoms with Gasteiger partial charge in [-0.15, -0.1) is 0 Å². The molecule has 0 radical (unpaired) electrons. The monoisotopic (exact) mass is 361 g/mol. The minimum Gasteiger partial charge on any atom is -0.356 e. The van der Waals surface area contributed by atoms with E-state index in [1.807, 2.05) is 38.2 Å². The molecule has 136 valence electrons. The average molecular weight is 362 g/mol. The Morgan fingerprint density at radius 2 is 2.08 bits per heavy atom. The van der Waals surface area contributed by atoms with Crippen molar-refractivity contribution in [3.8, 4) is 0 Å². The maximum absolute atomic E-state index is 6.25. The van der Waals surface area contributed by atoms with Gasteiger partial charge in [-0.05, 0) is 37.5 Å². The largest absolute Gasteiger partial charge is 0.356 e. The second-order valence-corrected chi connectivity index (χ2v) is 7.00. The summed E-state index contributed by atoms with van der Waals surface area (Å²) in [5, 5.41) is 8.76. The molecule has 0 aliphatic carbocycles. The standard InChI is InChI=1S/C19H28ClN5/c1-14(12-25-16(3)10-15(2)23-25)11-22-19(21-4)24(5)13-17-8-6-7-9-18(17)20/h6-10,14H,11-13H2,1-5H3,(H,21,22). The Balaban J connectivity index is 1.89. The second-order valence-electron chi connectivity index (χ2n) is 6.59. The van der Waals surface area contributed by atoms with Gasteiger partial charge >= 0.3 is 0 Å². The summed E-state index contributed by atoms with van der Waals surface area (Å²) in [6, 6.07) is 10.0. The van der Waals surface area contributed by atoms with Crippen molar-refractivity contribution in [2.45, 2.75) is 33.9 Å². The van der Waals surface area contributed by atoms with Crippen molar-refractivity contribution in [3.05, 3.63) is 52.3 Å². The number of nitrogens with zero attached hydrogens (tertiary/aromatic N) is 4. The van der Waals surface area contributed by atoms with E-state index in [0.717, 1.165) is 35.3 Å². The maximum atomic E-state index is 6.25. The van der Waals surface area contributed by atoms with Gasteiger partial charge in [0.05, 0.1) is 5.69 Å². The lowest BCUT2D eigenvalue weighted by Gasteiger charge is -2.24. The first kappa shape index (κ1) is 19.3. The van der Waals surface area contributed by atoms with Crippen LogP contribution in [0.25, 0.3) is 0 Å². The molecule has 1 unspecified atom stereocenters. The molecule has 5 nitrogen and oxygen atoms in total. The molecule has 0 spiro atoms. The van der Waals surface area contributed by atoms with Crippen LogP contribution in [0.3, 0.4) is 0 Å². The number of rotatable bonds is 6. The fourth-order valence-electron chi connectivity index (χ4n) is 2.83. The molecule has 1 heterocycles. The summed E-state index contributed by atoms with van der Waals surface area (Å²) in [5.74, 6) is 1.30. The molecule has 1 N–H and O–H groups in total. The number of guanidine groups is 1. The molecule has 2 rings (SSSR count). The number of aliphatic imine (C=N–C) groups is 1. The normalized spacial score (nSPS) is 13.0. The van der Waals surface area contributed by atoms with Crippen molar-refractivity contribution in [2.75, 3.05) is 20.6 Å². The number of aromatic nitrogens is 2. The summed E-state index contributed by atoms with van der Waals surface area (Å²) >= 11 is 6.25. The van der Waals surface area contributed by atoms with Crippen molar-refractivity contribution in [1.29, 1.82) is 0 Å². The first-order valence-corrected chi connectivity index (χ1v) is 8.94. The smallest absolute Gasteiger partial charge is 0.193 e. The third kappa shape index (κ3) is 5.49. The maximum Gasteiger partial charge on any atom is 0.193 e. The quantitative estimate of drug-likeness (QED) is 0.632. The van der Waals surface area contributed by atoms with E-state index >= 15 is 0 Å². The van der Waals surface area contributed by atoms with Gasteiger partial charge in [0.1, 0.15) is 0 Å². The van der Waals surface area contributed by atoms with Gasteiger partial charge in [0.2, 0.25) is 0 Å². The average Bonchev–Trinajstić information content (AvgIpc) is 2.87. The van der Waals surface area contributed by atoms with Crippen LogP contribution in [0.1, 0.15) is 23.9 Å². The number of benzene rings is 1. The molecular formula is C19H28ClN5. The van der Waals surface area contributed by atoms with Gasteiger partial charge < -0.3 is 10.2 Å². The van der Waals surface area contributed by atoms with Crippen molar-refractivity contribution >= 4 is 17.6 Å². The summed E-state index contributed by atoms with van der Waals surface area (Å²) in [4.78, 5) is 6.46. The van der Waals surface area contributed by atoms with Gasteiger partial charge in [-0.1, -0.05) is 36.7 Å². The van der Waals surface area contributed by atoms with Crippen molar-refractivity contribution in [2.24, 2.45) is 10.9 Å². The molecule has 6 heteroatoms. The third-order valence-corrected chi connectivity index (χ3v) is 4.50. The van der Waals surface area contributed by atoms with Gasteiger partial charge in [-0.2, -0.15) is 5.10 Å². The minimum absolute atomic E-state index is 0.434. The van der Waals surface area contributed by atoms with E-state index in [-0.39, 0.29) is 0 Å². The van der Waals surface area contributed by atoms with E-state index in [2.05, 4.69) is 44.9 Å². The Kier molecular flexibility index (Phi) is 6.88. The lowest BCUT2D eigenvalue weighted by Crippen LogP contribution is -2.41. The van der Waals surface area contributed by atoms with Crippen LogP contribution in [0.5, 0.6) is 0 Å². The molecule has 0 bridgehead atoms. The van der Waals surface area contributed by atoms with Crippen LogP contribution < -0.4 is 5.32 Å². The summed E-state index contributed by atoms with van der Waals surface area (Å²) in [7, 11) is 3.82. The molecular weight excluding hydrogens is 334 g/mol.